The second kappa shape index (κ2) is 8.78. The maximum atomic E-state index is 13.1. The summed E-state index contributed by atoms with van der Waals surface area (Å²) in [5, 5.41) is 0. The van der Waals surface area contributed by atoms with Crippen LogP contribution in [0, 0.1) is 5.92 Å². The second-order valence-corrected chi connectivity index (χ2v) is 8.07. The molecule has 4 rings (SSSR count). The van der Waals surface area contributed by atoms with Gasteiger partial charge in [-0.3, -0.25) is 9.69 Å². The van der Waals surface area contributed by atoms with Gasteiger partial charge in [-0.2, -0.15) is 0 Å². The van der Waals surface area contributed by atoms with Crippen LogP contribution in [0.1, 0.15) is 36.3 Å². The van der Waals surface area contributed by atoms with E-state index in [4.69, 9.17) is 4.74 Å². The van der Waals surface area contributed by atoms with Crippen molar-refractivity contribution in [2.45, 2.75) is 25.2 Å². The number of carbonyl (C=O) groups is 1. The Balaban J connectivity index is 1.43. The first-order chi connectivity index (χ1) is 13.7. The maximum Gasteiger partial charge on any atom is 0.223 e. The predicted molar refractivity (Wildman–Crippen MR) is 112 cm³/mol. The molecule has 1 atom stereocenters. The van der Waals surface area contributed by atoms with Crippen LogP contribution in [0.25, 0.3) is 0 Å². The Morgan fingerprint density at radius 1 is 0.964 bits per heavy atom. The Kier molecular flexibility index (Phi) is 5.96. The zero-order chi connectivity index (χ0) is 19.3. The molecule has 2 aromatic carbocycles. The summed E-state index contributed by atoms with van der Waals surface area (Å²) in [5.41, 5.74) is 2.35. The van der Waals surface area contributed by atoms with Crippen molar-refractivity contribution in [1.29, 1.82) is 0 Å². The lowest BCUT2D eigenvalue weighted by Crippen LogP contribution is -2.49. The third kappa shape index (κ3) is 4.74. The van der Waals surface area contributed by atoms with Crippen LogP contribution in [-0.2, 0) is 4.79 Å². The summed E-state index contributed by atoms with van der Waals surface area (Å²) in [6, 6.07) is 18.5. The van der Waals surface area contributed by atoms with E-state index in [2.05, 4.69) is 34.1 Å². The molecule has 0 spiro atoms. The van der Waals surface area contributed by atoms with Crippen molar-refractivity contribution in [2.24, 2.45) is 5.92 Å². The number of hydrogen-bond donors (Lipinski definition) is 0. The van der Waals surface area contributed by atoms with Gasteiger partial charge in [0.15, 0.2) is 0 Å². The second-order valence-electron chi connectivity index (χ2n) is 8.07. The minimum atomic E-state index is 0.0732. The van der Waals surface area contributed by atoms with Crippen molar-refractivity contribution >= 4 is 5.91 Å². The molecule has 2 aromatic rings. The van der Waals surface area contributed by atoms with Gasteiger partial charge < -0.3 is 9.64 Å². The zero-order valence-electron chi connectivity index (χ0n) is 16.7. The minimum absolute atomic E-state index is 0.0732. The van der Waals surface area contributed by atoms with Crippen LogP contribution in [0.5, 0.6) is 5.75 Å². The Hall–Kier alpha value is -2.33. The van der Waals surface area contributed by atoms with E-state index >= 15 is 0 Å². The Morgan fingerprint density at radius 2 is 1.61 bits per heavy atom. The highest BCUT2D eigenvalue weighted by Gasteiger charge is 2.28. The van der Waals surface area contributed by atoms with E-state index in [0.717, 1.165) is 43.4 Å². The van der Waals surface area contributed by atoms with E-state index in [-0.39, 0.29) is 11.8 Å². The molecular weight excluding hydrogens is 348 g/mol. The molecule has 4 nitrogen and oxygen atoms in total. The average molecular weight is 379 g/mol. The van der Waals surface area contributed by atoms with Gasteiger partial charge in [-0.15, -0.1) is 0 Å². The summed E-state index contributed by atoms with van der Waals surface area (Å²) >= 11 is 0. The minimum Gasteiger partial charge on any atom is -0.497 e. The van der Waals surface area contributed by atoms with E-state index in [0.29, 0.717) is 6.42 Å². The third-order valence-corrected chi connectivity index (χ3v) is 6.04. The number of methoxy groups -OCH3 is 1. The van der Waals surface area contributed by atoms with Gasteiger partial charge in [-0.05, 0) is 42.0 Å². The van der Waals surface area contributed by atoms with Crippen molar-refractivity contribution < 1.29 is 9.53 Å². The number of rotatable bonds is 7. The largest absolute Gasteiger partial charge is 0.497 e. The van der Waals surface area contributed by atoms with Gasteiger partial charge in [-0.1, -0.05) is 42.5 Å². The fourth-order valence-electron chi connectivity index (χ4n) is 4.10. The van der Waals surface area contributed by atoms with Crippen molar-refractivity contribution in [2.75, 3.05) is 39.8 Å². The molecule has 2 fully saturated rings. The Labute approximate surface area is 168 Å². The van der Waals surface area contributed by atoms with Crippen LogP contribution in [0.2, 0.25) is 0 Å². The highest BCUT2D eigenvalue weighted by molar-refractivity contribution is 5.78. The van der Waals surface area contributed by atoms with E-state index < -0.39 is 0 Å². The number of piperazine rings is 1. The van der Waals surface area contributed by atoms with Crippen molar-refractivity contribution in [1.82, 2.24) is 9.80 Å². The van der Waals surface area contributed by atoms with Gasteiger partial charge in [-0.25, -0.2) is 0 Å². The van der Waals surface area contributed by atoms with Crippen molar-refractivity contribution in [3.8, 4) is 5.75 Å². The molecule has 148 valence electrons. The Bertz CT molecular complexity index is 763. The summed E-state index contributed by atoms with van der Waals surface area (Å²) < 4.78 is 5.29. The summed E-state index contributed by atoms with van der Waals surface area (Å²) in [6.45, 7) is 4.97. The van der Waals surface area contributed by atoms with E-state index in [1.807, 2.05) is 30.3 Å². The molecule has 1 aliphatic carbocycles. The van der Waals surface area contributed by atoms with Gasteiger partial charge in [0.2, 0.25) is 5.91 Å². The van der Waals surface area contributed by atoms with E-state index in [1.54, 1.807) is 7.11 Å². The molecule has 0 aromatic heterocycles. The number of benzene rings is 2. The first kappa shape index (κ1) is 19.0. The van der Waals surface area contributed by atoms with Crippen LogP contribution in [0.3, 0.4) is 0 Å². The molecule has 1 saturated carbocycles. The number of hydrogen-bond acceptors (Lipinski definition) is 3. The highest BCUT2D eigenvalue weighted by Crippen LogP contribution is 2.31. The van der Waals surface area contributed by atoms with Crippen molar-refractivity contribution in [3.05, 3.63) is 65.7 Å². The van der Waals surface area contributed by atoms with Crippen LogP contribution in [0.15, 0.2) is 54.6 Å². The fraction of sp³-hybridized carbons (Fsp3) is 0.458. The van der Waals surface area contributed by atoms with Crippen LogP contribution >= 0.6 is 0 Å². The van der Waals surface area contributed by atoms with Crippen molar-refractivity contribution in [3.63, 3.8) is 0 Å². The zero-order valence-corrected chi connectivity index (χ0v) is 16.7. The molecule has 0 bridgehead atoms. The summed E-state index contributed by atoms with van der Waals surface area (Å²) in [5.74, 6) is 2.09. The molecule has 28 heavy (non-hydrogen) atoms. The first-order valence-electron chi connectivity index (χ1n) is 10.4. The number of nitrogens with zero attached hydrogens (tertiary/aromatic N) is 2. The van der Waals surface area contributed by atoms with E-state index in [1.165, 1.54) is 24.9 Å². The predicted octanol–water partition coefficient (Wildman–Crippen LogP) is 3.77. The third-order valence-electron chi connectivity index (χ3n) is 6.04. The lowest BCUT2D eigenvalue weighted by molar-refractivity contribution is -0.133. The van der Waals surface area contributed by atoms with Gasteiger partial charge in [0.1, 0.15) is 5.75 Å². The molecule has 1 amide bonds. The summed E-state index contributed by atoms with van der Waals surface area (Å²) in [4.78, 5) is 17.7. The lowest BCUT2D eigenvalue weighted by Gasteiger charge is -2.35. The van der Waals surface area contributed by atoms with Crippen LogP contribution in [-0.4, -0.2) is 55.5 Å². The molecular formula is C24H30N2O2. The van der Waals surface area contributed by atoms with E-state index in [9.17, 15) is 4.79 Å². The molecule has 0 radical (unpaired) electrons. The molecule has 1 heterocycles. The molecule has 4 heteroatoms. The normalized spacial score (nSPS) is 18.7. The SMILES string of the molecule is COc1ccc(C(CC(=O)N2CCN(CC3CC3)CC2)c2ccccc2)cc1. The van der Waals surface area contributed by atoms with Gasteiger partial charge in [0, 0.05) is 45.1 Å². The smallest absolute Gasteiger partial charge is 0.223 e. The highest BCUT2D eigenvalue weighted by atomic mass is 16.5. The molecule has 2 aliphatic rings. The van der Waals surface area contributed by atoms with Crippen LogP contribution in [0.4, 0.5) is 0 Å². The molecule has 0 N–H and O–H groups in total. The number of ether oxygens (including phenoxy) is 1. The van der Waals surface area contributed by atoms with Gasteiger partial charge >= 0.3 is 0 Å². The number of amides is 1. The maximum absolute atomic E-state index is 13.1. The molecule has 1 aliphatic heterocycles. The fourth-order valence-corrected chi connectivity index (χ4v) is 4.10. The number of carbonyl (C=O) groups excluding carboxylic acids is 1. The Morgan fingerprint density at radius 3 is 2.21 bits per heavy atom. The lowest BCUT2D eigenvalue weighted by atomic mass is 9.88. The quantitative estimate of drug-likeness (QED) is 0.735. The monoisotopic (exact) mass is 378 g/mol. The average Bonchev–Trinajstić information content (AvgIpc) is 3.57. The van der Waals surface area contributed by atoms with Gasteiger partial charge in [0.25, 0.3) is 0 Å². The standard InChI is InChI=1S/C24H30N2O2/c1-28-22-11-9-21(10-12-22)23(20-5-3-2-4-6-20)17-24(27)26-15-13-25(14-16-26)18-19-7-8-19/h2-6,9-12,19,23H,7-8,13-18H2,1H3. The van der Waals surface area contributed by atoms with Gasteiger partial charge in [0.05, 0.1) is 7.11 Å². The topological polar surface area (TPSA) is 32.8 Å². The molecule has 1 unspecified atom stereocenters. The summed E-state index contributed by atoms with van der Waals surface area (Å²) in [6.07, 6.45) is 3.29. The van der Waals surface area contributed by atoms with Crippen LogP contribution < -0.4 is 4.74 Å². The molecule has 1 saturated heterocycles. The summed E-state index contributed by atoms with van der Waals surface area (Å²) in [7, 11) is 1.68. The first-order valence-corrected chi connectivity index (χ1v) is 10.4.